The van der Waals surface area contributed by atoms with Crippen LogP contribution in [0.1, 0.15) is 22.3 Å². The molecule has 1 saturated heterocycles. The first-order valence-corrected chi connectivity index (χ1v) is 12.4. The number of nitrogens with zero attached hydrogens (tertiary/aromatic N) is 5. The maximum atomic E-state index is 13.6. The summed E-state index contributed by atoms with van der Waals surface area (Å²) in [6.07, 6.45) is 3.54. The molecule has 5 aromatic rings. The lowest BCUT2D eigenvalue weighted by Crippen LogP contribution is -2.21. The van der Waals surface area contributed by atoms with Crippen LogP contribution in [0.15, 0.2) is 90.2 Å². The smallest absolute Gasteiger partial charge is 0.284 e. The number of hydrogen-bond donors (Lipinski definition) is 2. The highest BCUT2D eigenvalue weighted by Crippen LogP contribution is 2.27. The third kappa shape index (κ3) is 4.38. The number of amides is 1. The molecule has 6 rings (SSSR count). The molecular formula is C29H26N6O3. The Balaban J connectivity index is 1.35. The normalized spacial score (nSPS) is 15.8. The third-order valence-corrected chi connectivity index (χ3v) is 6.99. The monoisotopic (exact) mass is 506 g/mol. The number of imidazole rings is 1. The lowest BCUT2D eigenvalue weighted by molar-refractivity contribution is 0.1000. The fourth-order valence-electron chi connectivity index (χ4n) is 5.04. The van der Waals surface area contributed by atoms with Crippen molar-refractivity contribution in [1.29, 1.82) is 0 Å². The molecule has 38 heavy (non-hydrogen) atoms. The van der Waals surface area contributed by atoms with E-state index in [2.05, 4.69) is 27.0 Å². The zero-order valence-electron chi connectivity index (χ0n) is 20.6. The molecule has 3 N–H and O–H groups in total. The van der Waals surface area contributed by atoms with Gasteiger partial charge in [0.1, 0.15) is 12.7 Å². The molecule has 0 radical (unpaired) electrons. The number of β-amino-alcohol motifs (C(OH)–C–C–N with tert-alkyl or cyclic N) is 1. The topological polar surface area (TPSA) is 119 Å². The van der Waals surface area contributed by atoms with Crippen molar-refractivity contribution in [1.82, 2.24) is 24.0 Å². The molecule has 3 heterocycles. The fourth-order valence-corrected chi connectivity index (χ4v) is 5.04. The van der Waals surface area contributed by atoms with Crippen LogP contribution in [0.3, 0.4) is 0 Å². The van der Waals surface area contributed by atoms with E-state index in [-0.39, 0.29) is 11.7 Å². The number of fused-ring (bicyclic) bond motifs is 1. The first-order chi connectivity index (χ1) is 18.5. The van der Waals surface area contributed by atoms with Gasteiger partial charge in [-0.1, -0.05) is 42.5 Å². The van der Waals surface area contributed by atoms with E-state index in [0.717, 1.165) is 30.6 Å². The highest BCUT2D eigenvalue weighted by Gasteiger charge is 2.21. The van der Waals surface area contributed by atoms with E-state index < -0.39 is 5.91 Å². The van der Waals surface area contributed by atoms with Gasteiger partial charge in [0, 0.05) is 30.9 Å². The summed E-state index contributed by atoms with van der Waals surface area (Å²) >= 11 is 0. The number of aliphatic hydroxyl groups is 1. The molecule has 1 aliphatic heterocycles. The Labute approximate surface area is 218 Å². The van der Waals surface area contributed by atoms with Crippen LogP contribution in [0.5, 0.6) is 0 Å². The number of likely N-dealkylation sites (tertiary alicyclic amines) is 1. The van der Waals surface area contributed by atoms with Crippen molar-refractivity contribution in [3.8, 4) is 22.5 Å². The van der Waals surface area contributed by atoms with E-state index in [9.17, 15) is 14.7 Å². The summed E-state index contributed by atoms with van der Waals surface area (Å²) in [7, 11) is 0. The van der Waals surface area contributed by atoms with E-state index in [1.54, 1.807) is 28.8 Å². The van der Waals surface area contributed by atoms with Crippen LogP contribution in [0, 0.1) is 0 Å². The molecule has 1 atom stereocenters. The number of rotatable bonds is 6. The molecule has 1 amide bonds. The maximum absolute atomic E-state index is 13.6. The Morgan fingerprint density at radius 3 is 2.45 bits per heavy atom. The van der Waals surface area contributed by atoms with E-state index in [4.69, 9.17) is 5.73 Å². The quantitative estimate of drug-likeness (QED) is 0.366. The van der Waals surface area contributed by atoms with Crippen molar-refractivity contribution in [2.75, 3.05) is 13.1 Å². The zero-order valence-corrected chi connectivity index (χ0v) is 20.6. The number of primary amides is 1. The maximum Gasteiger partial charge on any atom is 0.284 e. The van der Waals surface area contributed by atoms with Gasteiger partial charge in [0.15, 0.2) is 11.2 Å². The van der Waals surface area contributed by atoms with Crippen molar-refractivity contribution in [2.24, 2.45) is 5.73 Å². The standard InChI is InChI=1S/C29H26N6O3/c30-27(37)20-5-3-6-23(14-20)34-17-31-28-26(34)29(38)35(18-32-28)22-10-8-19(9-11-22)25-7-2-1-4-21(25)15-33-13-12-24(36)16-33/h1-11,14,17-18,24,36H,12-13,15-16H2,(H2,30,37)/t24-/m1/s1. The molecule has 2 aromatic heterocycles. The van der Waals surface area contributed by atoms with E-state index in [1.165, 1.54) is 22.8 Å². The first kappa shape index (κ1) is 23.8. The zero-order chi connectivity index (χ0) is 26.2. The van der Waals surface area contributed by atoms with E-state index in [0.29, 0.717) is 34.6 Å². The first-order valence-electron chi connectivity index (χ1n) is 12.4. The van der Waals surface area contributed by atoms with Crippen LogP contribution in [0.25, 0.3) is 33.7 Å². The summed E-state index contributed by atoms with van der Waals surface area (Å²) in [6, 6.07) is 22.8. The van der Waals surface area contributed by atoms with Gasteiger partial charge in [-0.05, 0) is 53.4 Å². The largest absolute Gasteiger partial charge is 0.392 e. The number of carbonyl (C=O) groups is 1. The third-order valence-electron chi connectivity index (χ3n) is 6.99. The lowest BCUT2D eigenvalue weighted by Gasteiger charge is -2.18. The summed E-state index contributed by atoms with van der Waals surface area (Å²) in [5.74, 6) is -0.550. The predicted molar refractivity (Wildman–Crippen MR) is 144 cm³/mol. The molecule has 9 heteroatoms. The predicted octanol–water partition coefficient (Wildman–Crippen LogP) is 2.90. The summed E-state index contributed by atoms with van der Waals surface area (Å²) in [4.78, 5) is 36.2. The van der Waals surface area contributed by atoms with Gasteiger partial charge in [0.2, 0.25) is 5.91 Å². The number of benzene rings is 3. The van der Waals surface area contributed by atoms with Crippen LogP contribution >= 0.6 is 0 Å². The van der Waals surface area contributed by atoms with Gasteiger partial charge in [-0.2, -0.15) is 0 Å². The van der Waals surface area contributed by atoms with Crippen molar-refractivity contribution >= 4 is 17.1 Å². The van der Waals surface area contributed by atoms with Gasteiger partial charge in [-0.15, -0.1) is 0 Å². The highest BCUT2D eigenvalue weighted by molar-refractivity contribution is 5.93. The minimum atomic E-state index is -0.550. The number of aliphatic hydroxyl groups excluding tert-OH is 1. The van der Waals surface area contributed by atoms with Gasteiger partial charge in [0.05, 0.1) is 11.8 Å². The van der Waals surface area contributed by atoms with Crippen LogP contribution in [-0.4, -0.2) is 54.2 Å². The fraction of sp³-hybridized carbons (Fsp3) is 0.172. The van der Waals surface area contributed by atoms with Crippen LogP contribution in [-0.2, 0) is 6.54 Å². The number of hydrogen-bond acceptors (Lipinski definition) is 6. The average molecular weight is 507 g/mol. The Morgan fingerprint density at radius 1 is 0.947 bits per heavy atom. The number of aromatic nitrogens is 4. The lowest BCUT2D eigenvalue weighted by atomic mass is 9.99. The second-order valence-corrected chi connectivity index (χ2v) is 9.50. The Bertz CT molecular complexity index is 1710. The van der Waals surface area contributed by atoms with Gasteiger partial charge >= 0.3 is 0 Å². The molecule has 1 aliphatic rings. The molecule has 0 spiro atoms. The van der Waals surface area contributed by atoms with Gasteiger partial charge in [-0.25, -0.2) is 9.97 Å². The van der Waals surface area contributed by atoms with Gasteiger partial charge in [0.25, 0.3) is 5.56 Å². The molecule has 0 bridgehead atoms. The number of carbonyl (C=O) groups excluding carboxylic acids is 1. The van der Waals surface area contributed by atoms with Crippen molar-refractivity contribution in [2.45, 2.75) is 19.1 Å². The second-order valence-electron chi connectivity index (χ2n) is 9.50. The van der Waals surface area contributed by atoms with Crippen molar-refractivity contribution < 1.29 is 9.90 Å². The molecule has 0 saturated carbocycles. The summed E-state index contributed by atoms with van der Waals surface area (Å²) in [6.45, 7) is 2.35. The molecule has 1 fully saturated rings. The molecule has 190 valence electrons. The van der Waals surface area contributed by atoms with Gasteiger partial charge in [-0.3, -0.25) is 23.6 Å². The van der Waals surface area contributed by atoms with E-state index in [1.807, 2.05) is 36.4 Å². The highest BCUT2D eigenvalue weighted by atomic mass is 16.3. The SMILES string of the molecule is NC(=O)c1cccc(-n2cnc3ncn(-c4ccc(-c5ccccc5CN5CC[C@@H](O)C5)cc4)c(=O)c32)c1. The van der Waals surface area contributed by atoms with E-state index >= 15 is 0 Å². The Hall–Kier alpha value is -4.60. The molecule has 0 aliphatic carbocycles. The summed E-state index contributed by atoms with van der Waals surface area (Å²) in [5, 5.41) is 9.89. The Morgan fingerprint density at radius 2 is 1.71 bits per heavy atom. The van der Waals surface area contributed by atoms with Crippen molar-refractivity contribution in [3.63, 3.8) is 0 Å². The second kappa shape index (κ2) is 9.70. The molecule has 9 nitrogen and oxygen atoms in total. The molecule has 3 aromatic carbocycles. The summed E-state index contributed by atoms with van der Waals surface area (Å²) < 4.78 is 3.10. The van der Waals surface area contributed by atoms with Crippen molar-refractivity contribution in [3.05, 3.63) is 107 Å². The van der Waals surface area contributed by atoms with Gasteiger partial charge < -0.3 is 10.8 Å². The van der Waals surface area contributed by atoms with Crippen LogP contribution in [0.4, 0.5) is 0 Å². The van der Waals surface area contributed by atoms with Crippen LogP contribution < -0.4 is 11.3 Å². The summed E-state index contributed by atoms with van der Waals surface area (Å²) in [5.41, 5.74) is 10.7. The molecule has 0 unspecified atom stereocenters. The number of nitrogens with two attached hydrogens (primary N) is 1. The minimum Gasteiger partial charge on any atom is -0.392 e. The van der Waals surface area contributed by atoms with Crippen LogP contribution in [0.2, 0.25) is 0 Å². The minimum absolute atomic E-state index is 0.255. The average Bonchev–Trinajstić information content (AvgIpc) is 3.56. The molecular weight excluding hydrogens is 480 g/mol. The Kier molecular flexibility index (Phi) is 6.07.